The van der Waals surface area contributed by atoms with Crippen molar-refractivity contribution >= 4 is 11.3 Å². The van der Waals surface area contributed by atoms with E-state index in [1.54, 1.807) is 12.1 Å². The van der Waals surface area contributed by atoms with Gasteiger partial charge in [0, 0.05) is 21.4 Å². The Labute approximate surface area is 103 Å². The van der Waals surface area contributed by atoms with Crippen LogP contribution in [0.15, 0.2) is 30.3 Å². The minimum absolute atomic E-state index is 0.0367. The monoisotopic (exact) mass is 253 g/mol. The summed E-state index contributed by atoms with van der Waals surface area (Å²) in [5.41, 5.74) is 6.19. The molecule has 0 aliphatic carbocycles. The largest absolute Gasteiger partial charge is 0.323 e. The highest BCUT2D eigenvalue weighted by atomic mass is 32.1. The van der Waals surface area contributed by atoms with Gasteiger partial charge in [-0.05, 0) is 24.6 Å². The van der Waals surface area contributed by atoms with Crippen LogP contribution in [0.4, 0.5) is 8.78 Å². The van der Waals surface area contributed by atoms with Gasteiger partial charge in [-0.3, -0.25) is 0 Å². The van der Waals surface area contributed by atoms with Gasteiger partial charge in [-0.2, -0.15) is 0 Å². The van der Waals surface area contributed by atoms with Crippen molar-refractivity contribution in [2.75, 3.05) is 0 Å². The van der Waals surface area contributed by atoms with Gasteiger partial charge >= 0.3 is 0 Å². The summed E-state index contributed by atoms with van der Waals surface area (Å²) >= 11 is 1.41. The quantitative estimate of drug-likeness (QED) is 0.875. The van der Waals surface area contributed by atoms with E-state index in [1.165, 1.54) is 17.4 Å². The molecule has 2 aromatic rings. The number of hydrogen-bond donors (Lipinski definition) is 1. The molecule has 0 saturated carbocycles. The van der Waals surface area contributed by atoms with Gasteiger partial charge in [-0.15, -0.1) is 11.3 Å². The maximum atomic E-state index is 13.6. The molecular formula is C13H13F2NS. The lowest BCUT2D eigenvalue weighted by atomic mass is 10.1. The van der Waals surface area contributed by atoms with Crippen molar-refractivity contribution in [2.24, 2.45) is 5.73 Å². The molecule has 0 amide bonds. The molecule has 1 aromatic carbocycles. The van der Waals surface area contributed by atoms with Crippen molar-refractivity contribution in [3.8, 4) is 10.4 Å². The van der Waals surface area contributed by atoms with Crippen LogP contribution in [0.2, 0.25) is 0 Å². The molecule has 2 N–H and O–H groups in total. The third-order valence-electron chi connectivity index (χ3n) is 2.65. The summed E-state index contributed by atoms with van der Waals surface area (Å²) in [6, 6.07) is 7.82. The summed E-state index contributed by atoms with van der Waals surface area (Å²) in [7, 11) is 0. The Kier molecular flexibility index (Phi) is 3.54. The zero-order valence-corrected chi connectivity index (χ0v) is 10.2. The van der Waals surface area contributed by atoms with E-state index < -0.39 is 11.6 Å². The Bertz CT molecular complexity index is 522. The van der Waals surface area contributed by atoms with Gasteiger partial charge in [-0.25, -0.2) is 8.78 Å². The van der Waals surface area contributed by atoms with Gasteiger partial charge in [0.25, 0.3) is 0 Å². The second-order valence-corrected chi connectivity index (χ2v) is 4.93. The first kappa shape index (κ1) is 12.2. The fraction of sp³-hybridized carbons (Fsp3) is 0.231. The normalized spacial score (nSPS) is 12.7. The van der Waals surface area contributed by atoms with Crippen molar-refractivity contribution in [3.63, 3.8) is 0 Å². The van der Waals surface area contributed by atoms with Gasteiger partial charge in [0.15, 0.2) is 11.6 Å². The Morgan fingerprint density at radius 1 is 1.24 bits per heavy atom. The lowest BCUT2D eigenvalue weighted by Crippen LogP contribution is -2.05. The summed E-state index contributed by atoms with van der Waals surface area (Å²) in [6.07, 6.45) is 0.825. The minimum atomic E-state index is -0.822. The summed E-state index contributed by atoms with van der Waals surface area (Å²) in [6.45, 7) is 1.99. The van der Waals surface area contributed by atoms with E-state index in [0.717, 1.165) is 17.4 Å². The van der Waals surface area contributed by atoms with Crippen molar-refractivity contribution in [2.45, 2.75) is 19.4 Å². The van der Waals surface area contributed by atoms with E-state index in [0.29, 0.717) is 10.4 Å². The van der Waals surface area contributed by atoms with Crippen molar-refractivity contribution in [1.82, 2.24) is 0 Å². The maximum absolute atomic E-state index is 13.6. The van der Waals surface area contributed by atoms with Crippen LogP contribution in [0.3, 0.4) is 0 Å². The van der Waals surface area contributed by atoms with Crippen LogP contribution in [-0.4, -0.2) is 0 Å². The third-order valence-corrected chi connectivity index (χ3v) is 3.90. The standard InChI is InChI=1S/C13H13F2NS/c1-2-10(16)12-7-6-11(17-12)8-4-3-5-9(14)13(8)15/h3-7,10H,2,16H2,1H3. The zero-order valence-electron chi connectivity index (χ0n) is 9.41. The molecule has 1 nitrogen and oxygen atoms in total. The van der Waals surface area contributed by atoms with E-state index in [9.17, 15) is 8.78 Å². The average molecular weight is 253 g/mol. The van der Waals surface area contributed by atoms with Crippen molar-refractivity contribution in [1.29, 1.82) is 0 Å². The van der Waals surface area contributed by atoms with Crippen LogP contribution in [0, 0.1) is 11.6 Å². The van der Waals surface area contributed by atoms with E-state index in [2.05, 4.69) is 0 Å². The van der Waals surface area contributed by atoms with E-state index in [1.807, 2.05) is 13.0 Å². The van der Waals surface area contributed by atoms with Crippen LogP contribution in [0.25, 0.3) is 10.4 Å². The molecule has 0 fully saturated rings. The van der Waals surface area contributed by atoms with E-state index >= 15 is 0 Å². The van der Waals surface area contributed by atoms with Gasteiger partial charge in [-0.1, -0.05) is 19.1 Å². The number of halogens is 2. The van der Waals surface area contributed by atoms with Crippen LogP contribution in [0.1, 0.15) is 24.3 Å². The minimum Gasteiger partial charge on any atom is -0.323 e. The molecule has 0 aliphatic rings. The Balaban J connectivity index is 2.40. The summed E-state index contributed by atoms with van der Waals surface area (Å²) < 4.78 is 26.7. The highest BCUT2D eigenvalue weighted by Gasteiger charge is 2.13. The van der Waals surface area contributed by atoms with Gasteiger partial charge < -0.3 is 5.73 Å². The molecule has 0 spiro atoms. The van der Waals surface area contributed by atoms with E-state index in [-0.39, 0.29) is 6.04 Å². The fourth-order valence-corrected chi connectivity index (χ4v) is 2.70. The molecule has 4 heteroatoms. The van der Waals surface area contributed by atoms with Crippen LogP contribution in [-0.2, 0) is 0 Å². The van der Waals surface area contributed by atoms with Crippen molar-refractivity contribution < 1.29 is 8.78 Å². The maximum Gasteiger partial charge on any atom is 0.167 e. The Hall–Kier alpha value is -1.26. The second kappa shape index (κ2) is 4.94. The first-order valence-corrected chi connectivity index (χ1v) is 6.24. The first-order chi connectivity index (χ1) is 8.13. The predicted molar refractivity (Wildman–Crippen MR) is 66.9 cm³/mol. The molecule has 1 unspecified atom stereocenters. The molecule has 0 bridgehead atoms. The van der Waals surface area contributed by atoms with Crippen LogP contribution < -0.4 is 5.73 Å². The molecule has 90 valence electrons. The SMILES string of the molecule is CCC(N)c1ccc(-c2cccc(F)c2F)s1. The number of thiophene rings is 1. The molecule has 17 heavy (non-hydrogen) atoms. The fourth-order valence-electron chi connectivity index (χ4n) is 1.59. The first-order valence-electron chi connectivity index (χ1n) is 5.43. The Morgan fingerprint density at radius 2 is 2.00 bits per heavy atom. The summed E-state index contributed by atoms with van der Waals surface area (Å²) in [5.74, 6) is -1.62. The second-order valence-electron chi connectivity index (χ2n) is 3.82. The van der Waals surface area contributed by atoms with Gasteiger partial charge in [0.2, 0.25) is 0 Å². The molecular weight excluding hydrogens is 240 g/mol. The van der Waals surface area contributed by atoms with Gasteiger partial charge in [0.1, 0.15) is 0 Å². The number of nitrogens with two attached hydrogens (primary N) is 1. The zero-order chi connectivity index (χ0) is 12.4. The highest BCUT2D eigenvalue weighted by Crippen LogP contribution is 2.33. The molecule has 0 radical (unpaired) electrons. The number of rotatable bonds is 3. The van der Waals surface area contributed by atoms with Gasteiger partial charge in [0.05, 0.1) is 0 Å². The molecule has 1 heterocycles. The Morgan fingerprint density at radius 3 is 2.71 bits per heavy atom. The lowest BCUT2D eigenvalue weighted by molar-refractivity contribution is 0.511. The third kappa shape index (κ3) is 2.37. The molecule has 0 aliphatic heterocycles. The summed E-state index contributed by atoms with van der Waals surface area (Å²) in [5, 5.41) is 0. The lowest BCUT2D eigenvalue weighted by Gasteiger charge is -2.04. The smallest absolute Gasteiger partial charge is 0.167 e. The van der Waals surface area contributed by atoms with E-state index in [4.69, 9.17) is 5.73 Å². The molecule has 1 aromatic heterocycles. The number of hydrogen-bond acceptors (Lipinski definition) is 2. The molecule has 1 atom stereocenters. The topological polar surface area (TPSA) is 26.0 Å². The average Bonchev–Trinajstić information content (AvgIpc) is 2.81. The predicted octanol–water partition coefficient (Wildman–Crippen LogP) is 4.10. The van der Waals surface area contributed by atoms with Crippen LogP contribution >= 0.6 is 11.3 Å². The molecule has 0 saturated heterocycles. The van der Waals surface area contributed by atoms with Crippen molar-refractivity contribution in [3.05, 3.63) is 46.8 Å². The van der Waals surface area contributed by atoms with Crippen LogP contribution in [0.5, 0.6) is 0 Å². The molecule has 2 rings (SSSR count). The highest BCUT2D eigenvalue weighted by molar-refractivity contribution is 7.15. The summed E-state index contributed by atoms with van der Waals surface area (Å²) in [4.78, 5) is 1.70. The number of benzene rings is 1.